The summed E-state index contributed by atoms with van der Waals surface area (Å²) in [5, 5.41) is 11.3. The monoisotopic (exact) mass is 302 g/mol. The van der Waals surface area contributed by atoms with Gasteiger partial charge in [-0.3, -0.25) is 4.79 Å². The first-order valence-corrected chi connectivity index (χ1v) is 6.14. The summed E-state index contributed by atoms with van der Waals surface area (Å²) in [5.41, 5.74) is -0.705. The molecule has 0 aliphatic carbocycles. The smallest absolute Gasteiger partial charge is 0.266 e. The Bertz CT molecular complexity index is 757. The van der Waals surface area contributed by atoms with Crippen LogP contribution in [0.5, 0.6) is 0 Å². The third-order valence-corrected chi connectivity index (χ3v) is 2.76. The first-order valence-electron chi connectivity index (χ1n) is 6.14. The van der Waals surface area contributed by atoms with E-state index >= 15 is 0 Å². The van der Waals surface area contributed by atoms with Gasteiger partial charge in [0.2, 0.25) is 0 Å². The van der Waals surface area contributed by atoms with Gasteiger partial charge in [0.15, 0.2) is 0 Å². The highest BCUT2D eigenvalue weighted by molar-refractivity contribution is 6.09. The molecule has 0 spiro atoms. The summed E-state index contributed by atoms with van der Waals surface area (Å²) in [6.07, 6.45) is 0.823. The maximum absolute atomic E-state index is 13.5. The molecule has 0 aromatic heterocycles. The number of amides is 1. The zero-order valence-corrected chi connectivity index (χ0v) is 11.1. The molecule has 1 amide bonds. The highest BCUT2D eigenvalue weighted by Crippen LogP contribution is 2.17. The van der Waals surface area contributed by atoms with E-state index in [1.165, 1.54) is 18.2 Å². The fraction of sp³-hybridized carbons (Fsp3) is 0. The van der Waals surface area contributed by atoms with Gasteiger partial charge in [0.25, 0.3) is 5.91 Å². The van der Waals surface area contributed by atoms with E-state index in [1.807, 2.05) is 0 Å². The van der Waals surface area contributed by atoms with Crippen LogP contribution in [-0.4, -0.2) is 5.91 Å². The van der Waals surface area contributed by atoms with Crippen LogP contribution in [0.1, 0.15) is 5.56 Å². The largest absolute Gasteiger partial charge is 0.321 e. The van der Waals surface area contributed by atoms with Crippen molar-refractivity contribution in [1.29, 1.82) is 5.26 Å². The summed E-state index contributed by atoms with van der Waals surface area (Å²) < 4.78 is 39.8. The maximum Gasteiger partial charge on any atom is 0.266 e. The van der Waals surface area contributed by atoms with Crippen LogP contribution in [0.2, 0.25) is 0 Å². The van der Waals surface area contributed by atoms with Gasteiger partial charge in [-0.2, -0.15) is 5.26 Å². The quantitative estimate of drug-likeness (QED) is 0.695. The van der Waals surface area contributed by atoms with Gasteiger partial charge in [-0.05, 0) is 42.5 Å². The molecule has 3 nitrogen and oxygen atoms in total. The minimum absolute atomic E-state index is 0.251. The van der Waals surface area contributed by atoms with E-state index < -0.39 is 34.5 Å². The molecule has 0 saturated heterocycles. The lowest BCUT2D eigenvalue weighted by Gasteiger charge is -2.05. The van der Waals surface area contributed by atoms with Crippen LogP contribution in [0.15, 0.2) is 48.0 Å². The van der Waals surface area contributed by atoms with E-state index in [4.69, 9.17) is 5.26 Å². The number of carbonyl (C=O) groups excluding carboxylic acids is 1. The molecular formula is C16H9F3N2O. The summed E-state index contributed by atoms with van der Waals surface area (Å²) in [4.78, 5) is 11.9. The minimum Gasteiger partial charge on any atom is -0.321 e. The van der Waals surface area contributed by atoms with Gasteiger partial charge >= 0.3 is 0 Å². The summed E-state index contributed by atoms with van der Waals surface area (Å²) in [5.74, 6) is -3.11. The lowest BCUT2D eigenvalue weighted by atomic mass is 10.1. The fourth-order valence-corrected chi connectivity index (χ4v) is 1.67. The predicted octanol–water partition coefficient (Wildman–Crippen LogP) is 3.65. The van der Waals surface area contributed by atoms with Crippen molar-refractivity contribution in [3.05, 3.63) is 71.1 Å². The molecule has 0 fully saturated rings. The third kappa shape index (κ3) is 3.52. The summed E-state index contributed by atoms with van der Waals surface area (Å²) in [6, 6.07) is 9.63. The fourth-order valence-electron chi connectivity index (χ4n) is 1.67. The van der Waals surface area contributed by atoms with Crippen molar-refractivity contribution in [3.8, 4) is 6.07 Å². The Morgan fingerprint density at radius 2 is 1.64 bits per heavy atom. The van der Waals surface area contributed by atoms with Crippen molar-refractivity contribution in [2.45, 2.75) is 0 Å². The Hall–Kier alpha value is -3.07. The normalized spacial score (nSPS) is 10.9. The molecule has 0 unspecified atom stereocenters. The highest BCUT2D eigenvalue weighted by Gasteiger charge is 2.13. The molecular weight excluding hydrogens is 293 g/mol. The van der Waals surface area contributed by atoms with Gasteiger partial charge in [-0.25, -0.2) is 13.2 Å². The second-order valence-corrected chi connectivity index (χ2v) is 4.27. The number of hydrogen-bond acceptors (Lipinski definition) is 2. The molecule has 0 aliphatic heterocycles. The van der Waals surface area contributed by atoms with Gasteiger partial charge in [0.1, 0.15) is 29.1 Å². The number of anilines is 1. The molecule has 2 aromatic rings. The number of nitrogens with one attached hydrogen (secondary N) is 1. The zero-order valence-electron chi connectivity index (χ0n) is 11.1. The summed E-state index contributed by atoms with van der Waals surface area (Å²) in [7, 11) is 0. The Morgan fingerprint density at radius 1 is 1.05 bits per heavy atom. The van der Waals surface area contributed by atoms with Crippen LogP contribution in [0.4, 0.5) is 18.9 Å². The molecule has 0 aliphatic rings. The van der Waals surface area contributed by atoms with Crippen molar-refractivity contribution < 1.29 is 18.0 Å². The van der Waals surface area contributed by atoms with Crippen molar-refractivity contribution >= 4 is 17.7 Å². The predicted molar refractivity (Wildman–Crippen MR) is 75.0 cm³/mol. The van der Waals surface area contributed by atoms with Crippen LogP contribution in [0, 0.1) is 28.8 Å². The number of rotatable bonds is 3. The van der Waals surface area contributed by atoms with Gasteiger partial charge in [-0.15, -0.1) is 0 Å². The van der Waals surface area contributed by atoms with E-state index in [0.717, 1.165) is 30.3 Å². The summed E-state index contributed by atoms with van der Waals surface area (Å²) >= 11 is 0. The summed E-state index contributed by atoms with van der Waals surface area (Å²) in [6.45, 7) is 0. The Labute approximate surface area is 124 Å². The molecule has 0 heterocycles. The average Bonchev–Trinajstić information content (AvgIpc) is 2.49. The number of nitriles is 1. The number of carbonyl (C=O) groups is 1. The van der Waals surface area contributed by atoms with Gasteiger partial charge in [0.05, 0.1) is 0 Å². The van der Waals surface area contributed by atoms with Crippen LogP contribution in [0.25, 0.3) is 6.08 Å². The molecule has 0 atom stereocenters. The SMILES string of the molecule is N#C/C(=C\c1c(F)cccc1F)C(=O)Nc1ccc(F)cc1. The van der Waals surface area contributed by atoms with Crippen molar-refractivity contribution in [3.63, 3.8) is 0 Å². The van der Waals surface area contributed by atoms with Gasteiger partial charge < -0.3 is 5.32 Å². The Morgan fingerprint density at radius 3 is 2.18 bits per heavy atom. The topological polar surface area (TPSA) is 52.9 Å². The molecule has 22 heavy (non-hydrogen) atoms. The number of nitrogens with zero attached hydrogens (tertiary/aromatic N) is 1. The van der Waals surface area contributed by atoms with Crippen LogP contribution >= 0.6 is 0 Å². The minimum atomic E-state index is -0.887. The number of benzene rings is 2. The van der Waals surface area contributed by atoms with Crippen LogP contribution in [0.3, 0.4) is 0 Å². The molecule has 110 valence electrons. The molecule has 6 heteroatoms. The standard InChI is InChI=1S/C16H9F3N2O/c17-11-4-6-12(7-5-11)21-16(22)10(9-20)8-13-14(18)2-1-3-15(13)19/h1-8H,(H,21,22)/b10-8+. The van der Waals surface area contributed by atoms with E-state index in [1.54, 1.807) is 6.07 Å². The van der Waals surface area contributed by atoms with Crippen molar-refractivity contribution in [2.24, 2.45) is 0 Å². The van der Waals surface area contributed by atoms with Gasteiger partial charge in [0, 0.05) is 11.3 Å². The van der Waals surface area contributed by atoms with E-state index in [0.29, 0.717) is 0 Å². The molecule has 2 rings (SSSR count). The first-order chi connectivity index (χ1) is 10.5. The molecule has 1 N–H and O–H groups in total. The lowest BCUT2D eigenvalue weighted by Crippen LogP contribution is -2.13. The lowest BCUT2D eigenvalue weighted by molar-refractivity contribution is -0.112. The second kappa shape index (κ2) is 6.59. The molecule has 0 bridgehead atoms. The second-order valence-electron chi connectivity index (χ2n) is 4.27. The van der Waals surface area contributed by atoms with E-state index in [9.17, 15) is 18.0 Å². The molecule has 0 saturated carbocycles. The van der Waals surface area contributed by atoms with E-state index in [2.05, 4.69) is 5.32 Å². The first kappa shape index (κ1) is 15.3. The van der Waals surface area contributed by atoms with Gasteiger partial charge in [-0.1, -0.05) is 6.07 Å². The third-order valence-electron chi connectivity index (χ3n) is 2.76. The van der Waals surface area contributed by atoms with Crippen LogP contribution in [-0.2, 0) is 4.79 Å². The number of halogens is 3. The van der Waals surface area contributed by atoms with Crippen molar-refractivity contribution in [1.82, 2.24) is 0 Å². The average molecular weight is 302 g/mol. The van der Waals surface area contributed by atoms with E-state index in [-0.39, 0.29) is 5.69 Å². The Balaban J connectivity index is 2.28. The van der Waals surface area contributed by atoms with Crippen molar-refractivity contribution in [2.75, 3.05) is 5.32 Å². The highest BCUT2D eigenvalue weighted by atomic mass is 19.1. The van der Waals surface area contributed by atoms with Crippen LogP contribution < -0.4 is 5.32 Å². The molecule has 2 aromatic carbocycles. The zero-order chi connectivity index (χ0) is 16.1. The Kier molecular flexibility index (Phi) is 4.59. The maximum atomic E-state index is 13.5. The number of hydrogen-bond donors (Lipinski definition) is 1. The molecule has 0 radical (unpaired) electrons.